The Morgan fingerprint density at radius 3 is 2.76 bits per heavy atom. The second-order valence-corrected chi connectivity index (χ2v) is 6.78. The molecule has 0 saturated heterocycles. The van der Waals surface area contributed by atoms with Crippen LogP contribution >= 0.6 is 20.7 Å². The van der Waals surface area contributed by atoms with Crippen molar-refractivity contribution in [3.8, 4) is 11.5 Å². The van der Waals surface area contributed by atoms with Gasteiger partial charge < -0.3 is 9.47 Å². The second kappa shape index (κ2) is 4.26. The van der Waals surface area contributed by atoms with E-state index in [1.807, 2.05) is 6.07 Å². The summed E-state index contributed by atoms with van der Waals surface area (Å²) in [5, 5.41) is 0. The zero-order valence-corrected chi connectivity index (χ0v) is 12.2. The first-order valence-corrected chi connectivity index (χ1v) is 8.66. The van der Waals surface area contributed by atoms with Crippen LogP contribution in [-0.4, -0.2) is 17.2 Å². The molecule has 1 heterocycles. The van der Waals surface area contributed by atoms with Gasteiger partial charge >= 0.3 is 0 Å². The molecule has 2 nitrogen and oxygen atoms in total. The van der Waals surface area contributed by atoms with E-state index in [9.17, 15) is 0 Å². The highest BCUT2D eigenvalue weighted by atomic mass is 127. The number of ether oxygens (including phenoxy) is 2. The molecule has 2 aliphatic rings. The normalized spacial score (nSPS) is 20.3. The number of fused-ring (bicyclic) bond motifs is 1. The maximum Gasteiger partial charge on any atom is 0.166 e. The molecule has 0 aromatic heterocycles. The summed E-state index contributed by atoms with van der Waals surface area (Å²) in [6.07, 6.45) is 6.06. The van der Waals surface area contributed by atoms with Gasteiger partial charge in [-0.2, -0.15) is 0 Å². The van der Waals surface area contributed by atoms with Crippen LogP contribution in [0.25, 0.3) is 0 Å². The minimum Gasteiger partial charge on any atom is -0.493 e. The minimum atomic E-state index is -0.132. The van der Waals surface area contributed by atoms with Gasteiger partial charge in [0.2, 0.25) is 0 Å². The van der Waals surface area contributed by atoms with E-state index < -0.39 is 0 Å². The van der Waals surface area contributed by atoms with E-state index in [0.717, 1.165) is 17.9 Å². The monoisotopic (exact) mass is 344 g/mol. The summed E-state index contributed by atoms with van der Waals surface area (Å²) in [6, 6.07) is 4.21. The molecule has 1 aliphatic carbocycles. The number of hydrogen-bond donors (Lipinski definition) is 0. The van der Waals surface area contributed by atoms with E-state index >= 15 is 0 Å². The highest BCUT2D eigenvalue weighted by Gasteiger charge is 2.43. The number of methoxy groups -OCH3 is 1. The fourth-order valence-electron chi connectivity index (χ4n) is 3.02. The highest BCUT2D eigenvalue weighted by molar-refractivity contribution is 14.2. The van der Waals surface area contributed by atoms with Gasteiger partial charge in [0.15, 0.2) is 11.5 Å². The summed E-state index contributed by atoms with van der Waals surface area (Å²) in [6.45, 7) is 0. The van der Waals surface area contributed by atoms with Crippen LogP contribution in [0.2, 0.25) is 0 Å². The molecule has 1 saturated carbocycles. The number of benzene rings is 1. The van der Waals surface area contributed by atoms with Crippen LogP contribution in [0, 0.1) is 3.57 Å². The van der Waals surface area contributed by atoms with Crippen molar-refractivity contribution in [3.05, 3.63) is 21.3 Å². The second-order valence-electron chi connectivity index (χ2n) is 4.86. The Bertz CT molecular complexity index is 462. The van der Waals surface area contributed by atoms with Crippen molar-refractivity contribution in [2.24, 2.45) is 0 Å². The molecule has 1 aromatic rings. The molecule has 1 aliphatic heterocycles. The van der Waals surface area contributed by atoms with Crippen molar-refractivity contribution in [2.45, 2.75) is 37.7 Å². The smallest absolute Gasteiger partial charge is 0.166 e. The Kier molecular flexibility index (Phi) is 2.89. The molecule has 1 fully saturated rings. The van der Waals surface area contributed by atoms with Crippen LogP contribution in [-0.2, 0) is 6.42 Å². The van der Waals surface area contributed by atoms with Crippen molar-refractivity contribution >= 4 is 25.2 Å². The van der Waals surface area contributed by atoms with Crippen molar-refractivity contribution in [1.29, 1.82) is 0 Å². The Labute approximate surface area is 112 Å². The third-order valence-corrected chi connectivity index (χ3v) is 5.70. The zero-order chi connectivity index (χ0) is 11.9. The van der Waals surface area contributed by atoms with Crippen LogP contribution in [0.4, 0.5) is 0 Å². The summed E-state index contributed by atoms with van der Waals surface area (Å²) < 4.78 is 17.2. The summed E-state index contributed by atoms with van der Waals surface area (Å²) in [7, 11) is 1.72. The van der Waals surface area contributed by atoms with Gasteiger partial charge in [0, 0.05) is 15.6 Å². The van der Waals surface area contributed by atoms with Crippen molar-refractivity contribution in [3.63, 3.8) is 0 Å². The van der Waals surface area contributed by atoms with Crippen molar-refractivity contribution < 1.29 is 9.47 Å². The standard InChI is InChI=1S/C14H17IO2/c1-15-11-5-6-12(16-2)13-10(11)9-14(17-13)7-3-4-8-14/h5-6H,1,3-4,7-9H2,2H3. The summed E-state index contributed by atoms with van der Waals surface area (Å²) in [5.74, 6) is 1.90. The van der Waals surface area contributed by atoms with Gasteiger partial charge in [-0.05, 0) is 37.8 Å². The van der Waals surface area contributed by atoms with E-state index in [4.69, 9.17) is 9.47 Å². The maximum atomic E-state index is 6.28. The Morgan fingerprint density at radius 2 is 2.12 bits per heavy atom. The molecule has 92 valence electrons. The van der Waals surface area contributed by atoms with Crippen LogP contribution in [0.15, 0.2) is 12.1 Å². The summed E-state index contributed by atoms with van der Waals surface area (Å²) in [5.41, 5.74) is 1.47. The fourth-order valence-corrected chi connectivity index (χ4v) is 4.35. The SMILES string of the molecule is C=Ic1ccc(OC)c2c1CC1(CCCC1)O2. The van der Waals surface area contributed by atoms with Crippen LogP contribution in [0.1, 0.15) is 31.2 Å². The predicted molar refractivity (Wildman–Crippen MR) is 78.4 cm³/mol. The van der Waals surface area contributed by atoms with E-state index in [1.165, 1.54) is 34.8 Å². The molecule has 0 atom stereocenters. The number of rotatable bonds is 2. The molecule has 1 aromatic carbocycles. The first-order valence-electron chi connectivity index (χ1n) is 6.05. The van der Waals surface area contributed by atoms with Crippen molar-refractivity contribution in [1.82, 2.24) is 0 Å². The van der Waals surface area contributed by atoms with Gasteiger partial charge in [-0.15, -0.1) is 0 Å². The molecule has 0 N–H and O–H groups in total. The third-order valence-electron chi connectivity index (χ3n) is 3.86. The Morgan fingerprint density at radius 1 is 1.35 bits per heavy atom. The molecule has 0 radical (unpaired) electrons. The lowest BCUT2D eigenvalue weighted by atomic mass is 9.96. The molecule has 0 amide bonds. The Balaban J connectivity index is 2.07. The van der Waals surface area contributed by atoms with Gasteiger partial charge in [-0.25, -0.2) is 0 Å². The van der Waals surface area contributed by atoms with Gasteiger partial charge in [0.25, 0.3) is 0 Å². The lowest BCUT2D eigenvalue weighted by molar-refractivity contribution is 0.0996. The fraction of sp³-hybridized carbons (Fsp3) is 0.500. The van der Waals surface area contributed by atoms with Crippen molar-refractivity contribution in [2.75, 3.05) is 7.11 Å². The van der Waals surface area contributed by atoms with E-state index in [1.54, 1.807) is 7.11 Å². The largest absolute Gasteiger partial charge is 0.493 e. The summed E-state index contributed by atoms with van der Waals surface area (Å²) in [4.78, 5) is 0. The first kappa shape index (κ1) is 11.5. The topological polar surface area (TPSA) is 18.5 Å². The van der Waals surface area contributed by atoms with Gasteiger partial charge in [0.05, 0.1) is 7.11 Å². The maximum absolute atomic E-state index is 6.28. The minimum absolute atomic E-state index is 0.0879. The molecular weight excluding hydrogens is 327 g/mol. The van der Waals surface area contributed by atoms with Gasteiger partial charge in [-0.3, -0.25) is 0 Å². The molecule has 17 heavy (non-hydrogen) atoms. The average Bonchev–Trinajstić information content (AvgIpc) is 2.95. The van der Waals surface area contributed by atoms with E-state index in [2.05, 4.69) is 10.6 Å². The third kappa shape index (κ3) is 1.79. The van der Waals surface area contributed by atoms with E-state index in [-0.39, 0.29) is 26.3 Å². The highest BCUT2D eigenvalue weighted by Crippen LogP contribution is 2.50. The van der Waals surface area contributed by atoms with Crippen LogP contribution in [0.5, 0.6) is 11.5 Å². The number of halogens is 1. The molecule has 0 unspecified atom stereocenters. The van der Waals surface area contributed by atoms with Gasteiger partial charge in [0.1, 0.15) is 5.60 Å². The summed E-state index contributed by atoms with van der Waals surface area (Å²) >= 11 is -0.132. The predicted octanol–water partition coefficient (Wildman–Crippen LogP) is 3.52. The Hall–Kier alpha value is -0.580. The molecule has 1 spiro atoms. The van der Waals surface area contributed by atoms with Crippen LogP contribution in [0.3, 0.4) is 0 Å². The molecular formula is C14H17IO2. The van der Waals surface area contributed by atoms with E-state index in [0.29, 0.717) is 0 Å². The lowest BCUT2D eigenvalue weighted by Gasteiger charge is -2.22. The quantitative estimate of drug-likeness (QED) is 0.765. The number of hydrogen-bond acceptors (Lipinski definition) is 2. The van der Waals surface area contributed by atoms with Gasteiger partial charge in [-0.1, -0.05) is 25.2 Å². The molecule has 3 heteroatoms. The molecule has 3 rings (SSSR count). The zero-order valence-electron chi connectivity index (χ0n) is 10.1. The lowest BCUT2D eigenvalue weighted by Crippen LogP contribution is -2.30. The van der Waals surface area contributed by atoms with Crippen LogP contribution < -0.4 is 9.47 Å². The average molecular weight is 344 g/mol. The first-order chi connectivity index (χ1) is 8.28. The molecule has 0 bridgehead atoms.